The van der Waals surface area contributed by atoms with Crippen LogP contribution in [0.3, 0.4) is 0 Å². The summed E-state index contributed by atoms with van der Waals surface area (Å²) in [6.45, 7) is 0. The predicted octanol–water partition coefficient (Wildman–Crippen LogP) is -0.00120. The third-order valence-electron chi connectivity index (χ3n) is 0.386. The zero-order valence-corrected chi connectivity index (χ0v) is 5.77. The van der Waals surface area contributed by atoms with E-state index in [2.05, 4.69) is 26.5 Å². The highest BCUT2D eigenvalue weighted by molar-refractivity contribution is 9.19. The third-order valence-corrected chi connectivity index (χ3v) is 0.903. The van der Waals surface area contributed by atoms with Gasteiger partial charge >= 0.3 is 5.97 Å². The van der Waals surface area contributed by atoms with Gasteiger partial charge in [0.1, 0.15) is 0 Å². The molecule has 0 aromatic heterocycles. The number of halogens is 1. The molecule has 46 valence electrons. The second-order valence-corrected chi connectivity index (χ2v) is 1.68. The first kappa shape index (κ1) is 7.42. The minimum Gasteiger partial charge on any atom is -0.476 e. The van der Waals surface area contributed by atoms with Crippen molar-refractivity contribution in [2.75, 3.05) is 7.05 Å². The van der Waals surface area contributed by atoms with Crippen LogP contribution in [0.2, 0.25) is 0 Å². The lowest BCUT2D eigenvalue weighted by molar-refractivity contribution is -0.129. The Morgan fingerprint density at radius 3 is 2.50 bits per heavy atom. The van der Waals surface area contributed by atoms with Crippen LogP contribution in [0.5, 0.6) is 0 Å². The monoisotopic (exact) mass is 180 g/mol. The molecule has 0 saturated carbocycles. The SMILES string of the molecule is CN/N=C(\Br)C(=O)O. The lowest BCUT2D eigenvalue weighted by Gasteiger charge is -1.86. The Labute approximate surface area is 54.7 Å². The molecule has 0 radical (unpaired) electrons. The Hall–Kier alpha value is -0.580. The average molecular weight is 181 g/mol. The first-order valence-corrected chi connectivity index (χ1v) is 2.61. The summed E-state index contributed by atoms with van der Waals surface area (Å²) in [5.74, 6) is -1.08. The molecule has 0 atom stereocenters. The average Bonchev–Trinajstić information content (AvgIpc) is 1.67. The Morgan fingerprint density at radius 1 is 1.88 bits per heavy atom. The quantitative estimate of drug-likeness (QED) is 0.465. The summed E-state index contributed by atoms with van der Waals surface area (Å²) in [7, 11) is 1.52. The normalized spacial score (nSPS) is 11.0. The Morgan fingerprint density at radius 2 is 2.38 bits per heavy atom. The molecule has 0 aliphatic rings. The highest BCUT2D eigenvalue weighted by Gasteiger charge is 2.00. The number of aliphatic carboxylic acids is 1. The van der Waals surface area contributed by atoms with Crippen LogP contribution in [0.15, 0.2) is 5.10 Å². The van der Waals surface area contributed by atoms with E-state index in [0.717, 1.165) is 0 Å². The number of carboxylic acid groups (broad SMARTS) is 1. The first-order chi connectivity index (χ1) is 3.68. The minimum atomic E-state index is -1.08. The molecule has 0 heterocycles. The number of rotatable bonds is 2. The number of carbonyl (C=O) groups is 1. The Kier molecular flexibility index (Phi) is 3.18. The molecule has 0 spiro atoms. The summed E-state index contributed by atoms with van der Waals surface area (Å²) in [6.07, 6.45) is 0. The lowest BCUT2D eigenvalue weighted by atomic mass is 10.8. The van der Waals surface area contributed by atoms with E-state index < -0.39 is 5.97 Å². The molecule has 8 heavy (non-hydrogen) atoms. The van der Waals surface area contributed by atoms with Crippen molar-refractivity contribution in [3.63, 3.8) is 0 Å². The molecule has 0 unspecified atom stereocenters. The number of carboxylic acids is 1. The molecule has 0 fully saturated rings. The van der Waals surface area contributed by atoms with Crippen molar-refractivity contribution in [1.82, 2.24) is 5.43 Å². The minimum absolute atomic E-state index is 0.125. The van der Waals surface area contributed by atoms with Gasteiger partial charge in [-0.3, -0.25) is 0 Å². The van der Waals surface area contributed by atoms with Crippen molar-refractivity contribution < 1.29 is 9.90 Å². The molecule has 0 aliphatic heterocycles. The number of nitrogens with zero attached hydrogens (tertiary/aromatic N) is 1. The maximum atomic E-state index is 9.87. The molecule has 4 nitrogen and oxygen atoms in total. The summed E-state index contributed by atoms with van der Waals surface area (Å²) in [5, 5.41) is 11.4. The molecule has 0 aromatic carbocycles. The molecular weight excluding hydrogens is 176 g/mol. The van der Waals surface area contributed by atoms with Crippen LogP contribution in [0.25, 0.3) is 0 Å². The van der Waals surface area contributed by atoms with Gasteiger partial charge in [-0.15, -0.1) is 0 Å². The topological polar surface area (TPSA) is 61.7 Å². The summed E-state index contributed by atoms with van der Waals surface area (Å²) in [6, 6.07) is 0. The van der Waals surface area contributed by atoms with E-state index in [1.54, 1.807) is 0 Å². The Bertz CT molecular complexity index is 122. The molecule has 5 heteroatoms. The van der Waals surface area contributed by atoms with Gasteiger partial charge < -0.3 is 10.5 Å². The van der Waals surface area contributed by atoms with Crippen LogP contribution in [0.4, 0.5) is 0 Å². The van der Waals surface area contributed by atoms with Gasteiger partial charge in [0.15, 0.2) is 0 Å². The first-order valence-electron chi connectivity index (χ1n) is 1.81. The van der Waals surface area contributed by atoms with Crippen LogP contribution >= 0.6 is 15.9 Å². The summed E-state index contributed by atoms with van der Waals surface area (Å²) >= 11 is 2.69. The van der Waals surface area contributed by atoms with Crippen LogP contribution in [0.1, 0.15) is 0 Å². The highest BCUT2D eigenvalue weighted by atomic mass is 79.9. The van der Waals surface area contributed by atoms with Crippen molar-refractivity contribution in [2.24, 2.45) is 5.10 Å². The second kappa shape index (κ2) is 3.43. The van der Waals surface area contributed by atoms with E-state index in [1.165, 1.54) is 7.05 Å². The molecule has 0 aromatic rings. The highest BCUT2D eigenvalue weighted by Crippen LogP contribution is 1.85. The van der Waals surface area contributed by atoms with E-state index in [0.29, 0.717) is 0 Å². The van der Waals surface area contributed by atoms with Gasteiger partial charge in [0.25, 0.3) is 0 Å². The van der Waals surface area contributed by atoms with Gasteiger partial charge in [-0.1, -0.05) is 0 Å². The fraction of sp³-hybridized carbons (Fsp3) is 0.333. The van der Waals surface area contributed by atoms with Crippen LogP contribution in [-0.4, -0.2) is 22.7 Å². The molecule has 0 bridgehead atoms. The van der Waals surface area contributed by atoms with Gasteiger partial charge in [0, 0.05) is 7.05 Å². The van der Waals surface area contributed by atoms with E-state index in [-0.39, 0.29) is 4.62 Å². The number of nitrogens with one attached hydrogen (secondary N) is 1. The fourth-order valence-electron chi connectivity index (χ4n) is 0.146. The molecular formula is C3H5BrN2O2. The molecule has 0 saturated heterocycles. The van der Waals surface area contributed by atoms with Crippen LogP contribution in [-0.2, 0) is 4.79 Å². The van der Waals surface area contributed by atoms with Crippen molar-refractivity contribution in [3.05, 3.63) is 0 Å². The molecule has 0 aliphatic carbocycles. The number of hydrogen-bond acceptors (Lipinski definition) is 3. The molecule has 2 N–H and O–H groups in total. The van der Waals surface area contributed by atoms with Crippen molar-refractivity contribution in [1.29, 1.82) is 0 Å². The van der Waals surface area contributed by atoms with Crippen molar-refractivity contribution >= 4 is 26.5 Å². The zero-order valence-electron chi connectivity index (χ0n) is 4.18. The maximum Gasteiger partial charge on any atom is 0.363 e. The third kappa shape index (κ3) is 2.57. The zero-order chi connectivity index (χ0) is 6.57. The van der Waals surface area contributed by atoms with E-state index in [9.17, 15) is 4.79 Å². The number of hydrogen-bond donors (Lipinski definition) is 2. The summed E-state index contributed by atoms with van der Waals surface area (Å²) in [4.78, 5) is 9.87. The standard InChI is InChI=1S/C3H5BrN2O2/c1-5-6-2(4)3(7)8/h5H,1H3,(H,7,8)/b6-2-. The van der Waals surface area contributed by atoms with Gasteiger partial charge in [-0.25, -0.2) is 4.79 Å². The number of hydrazone groups is 1. The lowest BCUT2D eigenvalue weighted by Crippen LogP contribution is -2.09. The second-order valence-electron chi connectivity index (χ2n) is 0.931. The van der Waals surface area contributed by atoms with Gasteiger partial charge in [-0.05, 0) is 15.9 Å². The van der Waals surface area contributed by atoms with Crippen LogP contribution in [0, 0.1) is 0 Å². The van der Waals surface area contributed by atoms with Gasteiger partial charge in [0.05, 0.1) is 0 Å². The van der Waals surface area contributed by atoms with Crippen LogP contribution < -0.4 is 5.43 Å². The van der Waals surface area contributed by atoms with Gasteiger partial charge in [-0.2, -0.15) is 5.10 Å². The summed E-state index contributed by atoms with van der Waals surface area (Å²) < 4.78 is -0.125. The smallest absolute Gasteiger partial charge is 0.363 e. The van der Waals surface area contributed by atoms with E-state index in [4.69, 9.17) is 5.11 Å². The van der Waals surface area contributed by atoms with Crippen molar-refractivity contribution in [2.45, 2.75) is 0 Å². The maximum absolute atomic E-state index is 9.87. The largest absolute Gasteiger partial charge is 0.476 e. The summed E-state index contributed by atoms with van der Waals surface area (Å²) in [5.41, 5.74) is 2.31. The molecule has 0 rings (SSSR count). The van der Waals surface area contributed by atoms with Crippen molar-refractivity contribution in [3.8, 4) is 0 Å². The van der Waals surface area contributed by atoms with E-state index >= 15 is 0 Å². The fourth-order valence-corrected chi connectivity index (χ4v) is 0.323. The van der Waals surface area contributed by atoms with E-state index in [1.807, 2.05) is 0 Å². The molecule has 0 amide bonds. The predicted molar refractivity (Wildman–Crippen MR) is 33.1 cm³/mol. The van der Waals surface area contributed by atoms with Gasteiger partial charge in [0.2, 0.25) is 4.62 Å². The Balaban J connectivity index is 3.80.